The lowest BCUT2D eigenvalue weighted by atomic mass is 10.1. The van der Waals surface area contributed by atoms with E-state index in [2.05, 4.69) is 0 Å². The van der Waals surface area contributed by atoms with E-state index in [1.807, 2.05) is 36.4 Å². The van der Waals surface area contributed by atoms with Crippen LogP contribution in [0.4, 0.5) is 5.69 Å². The second kappa shape index (κ2) is 11.8. The van der Waals surface area contributed by atoms with Crippen molar-refractivity contribution in [2.75, 3.05) is 11.9 Å². The van der Waals surface area contributed by atoms with Crippen molar-refractivity contribution in [3.63, 3.8) is 0 Å². The highest BCUT2D eigenvalue weighted by molar-refractivity contribution is 6.31. The predicted molar refractivity (Wildman–Crippen MR) is 144 cm³/mol. The molecule has 0 heterocycles. The molecular formula is C29H23Cl2NO5. The fourth-order valence-electron chi connectivity index (χ4n) is 3.57. The Morgan fingerprint density at radius 3 is 1.78 bits per heavy atom. The van der Waals surface area contributed by atoms with E-state index >= 15 is 0 Å². The number of carbonyl (C=O) groups is 2. The lowest BCUT2D eigenvalue weighted by Crippen LogP contribution is -2.26. The number of aromatic carboxylic acids is 1. The second-order valence-electron chi connectivity index (χ2n) is 8.17. The molecule has 0 unspecified atom stereocenters. The van der Waals surface area contributed by atoms with Crippen LogP contribution in [0, 0.1) is 0 Å². The molecule has 0 aliphatic carbocycles. The Labute approximate surface area is 224 Å². The van der Waals surface area contributed by atoms with Crippen LogP contribution in [-0.4, -0.2) is 24.0 Å². The van der Waals surface area contributed by atoms with Crippen molar-refractivity contribution in [1.29, 1.82) is 0 Å². The third-order valence-electron chi connectivity index (χ3n) is 5.62. The summed E-state index contributed by atoms with van der Waals surface area (Å²) in [6, 6.07) is 25.7. The van der Waals surface area contributed by atoms with Crippen molar-refractivity contribution in [2.24, 2.45) is 0 Å². The Bertz CT molecular complexity index is 1370. The molecular weight excluding hydrogens is 513 g/mol. The second-order valence-corrected chi connectivity index (χ2v) is 8.99. The number of benzene rings is 4. The quantitative estimate of drug-likeness (QED) is 0.246. The summed E-state index contributed by atoms with van der Waals surface area (Å²) in [6.07, 6.45) is 0. The highest BCUT2D eigenvalue weighted by atomic mass is 35.5. The van der Waals surface area contributed by atoms with E-state index < -0.39 is 5.97 Å². The van der Waals surface area contributed by atoms with Crippen LogP contribution >= 0.6 is 23.2 Å². The highest BCUT2D eigenvalue weighted by Gasteiger charge is 2.18. The third-order valence-corrected chi connectivity index (χ3v) is 6.35. The van der Waals surface area contributed by atoms with Gasteiger partial charge in [0.15, 0.2) is 0 Å². The molecule has 0 aliphatic rings. The van der Waals surface area contributed by atoms with Gasteiger partial charge < -0.3 is 19.5 Å². The summed E-state index contributed by atoms with van der Waals surface area (Å²) in [5.41, 5.74) is 2.40. The van der Waals surface area contributed by atoms with Crippen LogP contribution in [0.1, 0.15) is 31.8 Å². The number of rotatable bonds is 9. The maximum absolute atomic E-state index is 13.4. The molecule has 4 aromatic carbocycles. The van der Waals surface area contributed by atoms with Crippen molar-refractivity contribution in [3.8, 4) is 11.5 Å². The molecule has 4 aromatic rings. The van der Waals surface area contributed by atoms with Crippen molar-refractivity contribution in [3.05, 3.63) is 123 Å². The first-order valence-corrected chi connectivity index (χ1v) is 12.1. The van der Waals surface area contributed by atoms with E-state index in [-0.39, 0.29) is 24.7 Å². The number of ether oxygens (including phenoxy) is 2. The summed E-state index contributed by atoms with van der Waals surface area (Å²) in [5, 5.41) is 10.5. The molecule has 8 heteroatoms. The van der Waals surface area contributed by atoms with Gasteiger partial charge in [-0.3, -0.25) is 4.79 Å². The molecule has 1 N–H and O–H groups in total. The normalized spacial score (nSPS) is 10.6. The SMILES string of the molecule is CN(C(=O)c1cc(OCc2ccccc2Cl)cc(OCc2ccccc2Cl)c1)c1cccc(C(=O)O)c1. The topological polar surface area (TPSA) is 76.1 Å². The van der Waals surface area contributed by atoms with Crippen molar-refractivity contribution < 1.29 is 24.2 Å². The van der Waals surface area contributed by atoms with Gasteiger partial charge in [-0.1, -0.05) is 65.7 Å². The van der Waals surface area contributed by atoms with E-state index in [1.54, 1.807) is 49.5 Å². The number of carboxylic acid groups (broad SMARTS) is 1. The summed E-state index contributed by atoms with van der Waals surface area (Å²) >= 11 is 12.5. The fraction of sp³-hybridized carbons (Fsp3) is 0.103. The van der Waals surface area contributed by atoms with E-state index in [1.165, 1.54) is 17.0 Å². The van der Waals surface area contributed by atoms with Gasteiger partial charge in [-0.15, -0.1) is 0 Å². The van der Waals surface area contributed by atoms with E-state index in [4.69, 9.17) is 32.7 Å². The largest absolute Gasteiger partial charge is 0.489 e. The predicted octanol–water partition coefficient (Wildman–Crippen LogP) is 7.13. The molecule has 4 rings (SSSR count). The molecule has 0 saturated heterocycles. The standard InChI is InChI=1S/C29H23Cl2NO5/c1-32(23-10-6-9-19(13-23)29(34)35)28(33)22-14-24(36-17-20-7-2-4-11-26(20)30)16-25(15-22)37-18-21-8-3-5-12-27(21)31/h2-16H,17-18H2,1H3,(H,34,35). The smallest absolute Gasteiger partial charge is 0.335 e. The van der Waals surface area contributed by atoms with Crippen LogP contribution in [-0.2, 0) is 13.2 Å². The van der Waals surface area contributed by atoms with E-state index in [0.717, 1.165) is 11.1 Å². The monoisotopic (exact) mass is 535 g/mol. The number of carbonyl (C=O) groups excluding carboxylic acids is 1. The Kier molecular flexibility index (Phi) is 8.33. The molecule has 188 valence electrons. The minimum absolute atomic E-state index is 0.0812. The van der Waals surface area contributed by atoms with Crippen molar-refractivity contribution in [1.82, 2.24) is 0 Å². The Balaban J connectivity index is 1.62. The maximum atomic E-state index is 13.4. The number of hydrogen-bond donors (Lipinski definition) is 1. The summed E-state index contributed by atoms with van der Waals surface area (Å²) in [4.78, 5) is 26.2. The average Bonchev–Trinajstić information content (AvgIpc) is 2.91. The average molecular weight is 536 g/mol. The van der Waals surface area contributed by atoms with Crippen molar-refractivity contribution in [2.45, 2.75) is 13.2 Å². The van der Waals surface area contributed by atoms with Crippen LogP contribution in [0.15, 0.2) is 91.0 Å². The van der Waals surface area contributed by atoms with Gasteiger partial charge in [0.2, 0.25) is 0 Å². The van der Waals surface area contributed by atoms with Gasteiger partial charge in [0, 0.05) is 45.5 Å². The molecule has 0 bridgehead atoms. The molecule has 0 radical (unpaired) electrons. The zero-order chi connectivity index (χ0) is 26.4. The van der Waals surface area contributed by atoms with Crippen LogP contribution < -0.4 is 14.4 Å². The third kappa shape index (κ3) is 6.61. The van der Waals surface area contributed by atoms with Crippen LogP contribution in [0.3, 0.4) is 0 Å². The van der Waals surface area contributed by atoms with Crippen LogP contribution in [0.25, 0.3) is 0 Å². The molecule has 0 aromatic heterocycles. The molecule has 1 amide bonds. The first-order chi connectivity index (χ1) is 17.8. The summed E-state index contributed by atoms with van der Waals surface area (Å²) in [7, 11) is 1.57. The van der Waals surface area contributed by atoms with Crippen molar-refractivity contribution >= 4 is 40.8 Å². The number of anilines is 1. The van der Waals surface area contributed by atoms with Gasteiger partial charge in [0.05, 0.1) is 5.56 Å². The molecule has 0 saturated carbocycles. The Morgan fingerprint density at radius 2 is 1.27 bits per heavy atom. The molecule has 0 spiro atoms. The molecule has 0 aliphatic heterocycles. The van der Waals surface area contributed by atoms with E-state index in [0.29, 0.717) is 32.8 Å². The zero-order valence-corrected chi connectivity index (χ0v) is 21.4. The number of halogens is 2. The minimum Gasteiger partial charge on any atom is -0.489 e. The Hall–Kier alpha value is -4.00. The molecule has 0 atom stereocenters. The van der Waals surface area contributed by atoms with Gasteiger partial charge in [-0.25, -0.2) is 4.79 Å². The van der Waals surface area contributed by atoms with Gasteiger partial charge in [0.1, 0.15) is 24.7 Å². The van der Waals surface area contributed by atoms with Gasteiger partial charge >= 0.3 is 5.97 Å². The summed E-state index contributed by atoms with van der Waals surface area (Å²) in [6.45, 7) is 0.384. The molecule has 6 nitrogen and oxygen atoms in total. The van der Waals surface area contributed by atoms with Gasteiger partial charge in [0.25, 0.3) is 5.91 Å². The first kappa shape index (κ1) is 26.1. The Morgan fingerprint density at radius 1 is 0.730 bits per heavy atom. The lowest BCUT2D eigenvalue weighted by Gasteiger charge is -2.19. The van der Waals surface area contributed by atoms with Gasteiger partial charge in [-0.05, 0) is 42.5 Å². The van der Waals surface area contributed by atoms with E-state index in [9.17, 15) is 14.7 Å². The van der Waals surface area contributed by atoms with Crippen LogP contribution in [0.5, 0.6) is 11.5 Å². The number of carboxylic acids is 1. The lowest BCUT2D eigenvalue weighted by molar-refractivity contribution is 0.0696. The summed E-state index contributed by atoms with van der Waals surface area (Å²) in [5.74, 6) is -0.624. The number of hydrogen-bond acceptors (Lipinski definition) is 4. The number of amides is 1. The maximum Gasteiger partial charge on any atom is 0.335 e. The fourth-order valence-corrected chi connectivity index (χ4v) is 3.95. The zero-order valence-electron chi connectivity index (χ0n) is 19.9. The minimum atomic E-state index is -1.08. The number of nitrogens with zero attached hydrogens (tertiary/aromatic N) is 1. The molecule has 37 heavy (non-hydrogen) atoms. The van der Waals surface area contributed by atoms with Crippen LogP contribution in [0.2, 0.25) is 10.0 Å². The van der Waals surface area contributed by atoms with Gasteiger partial charge in [-0.2, -0.15) is 0 Å². The molecule has 0 fully saturated rings. The first-order valence-electron chi connectivity index (χ1n) is 11.3. The summed E-state index contributed by atoms with van der Waals surface area (Å²) < 4.78 is 12.0. The highest BCUT2D eigenvalue weighted by Crippen LogP contribution is 2.28.